The van der Waals surface area contributed by atoms with E-state index in [4.69, 9.17) is 11.6 Å². The monoisotopic (exact) mass is 311 g/mol. The van der Waals surface area contributed by atoms with Gasteiger partial charge >= 0.3 is 0 Å². The Bertz CT molecular complexity index is 806. The molecule has 0 spiro atoms. The lowest BCUT2D eigenvalue weighted by Crippen LogP contribution is -1.97. The maximum absolute atomic E-state index is 5.96. The number of anilines is 1. The molecule has 104 valence electrons. The summed E-state index contributed by atoms with van der Waals surface area (Å²) in [5.74, 6) is 0. The third kappa shape index (κ3) is 2.45. The highest BCUT2D eigenvalue weighted by atomic mass is 35.5. The number of benzene rings is 2. The number of hydrogen-bond acceptors (Lipinski definition) is 2. The Hall–Kier alpha value is -1.77. The van der Waals surface area contributed by atoms with Crippen molar-refractivity contribution in [3.05, 3.63) is 74.9 Å². The lowest BCUT2D eigenvalue weighted by molar-refractivity contribution is 1.18. The van der Waals surface area contributed by atoms with Crippen LogP contribution in [-0.2, 0) is 13.0 Å². The topological polar surface area (TPSA) is 12.0 Å². The number of hydrogen-bond donors (Lipinski definition) is 1. The standard InChI is InChI=1S/C18H14ClNS/c19-18-8-6-15(21-18)11-20-14-5-7-17-13(10-14)9-12-3-1-2-4-16(12)17/h1-8,10,20H,9,11H2. The molecule has 0 unspecified atom stereocenters. The van der Waals surface area contributed by atoms with Crippen molar-refractivity contribution >= 4 is 28.6 Å². The fourth-order valence-electron chi connectivity index (χ4n) is 2.89. The molecule has 3 heteroatoms. The molecule has 0 aliphatic heterocycles. The van der Waals surface area contributed by atoms with Crippen molar-refractivity contribution in [3.8, 4) is 11.1 Å². The summed E-state index contributed by atoms with van der Waals surface area (Å²) >= 11 is 7.59. The predicted molar refractivity (Wildman–Crippen MR) is 91.3 cm³/mol. The van der Waals surface area contributed by atoms with Crippen molar-refractivity contribution in [1.82, 2.24) is 0 Å². The van der Waals surface area contributed by atoms with Gasteiger partial charge in [-0.25, -0.2) is 0 Å². The summed E-state index contributed by atoms with van der Waals surface area (Å²) < 4.78 is 0.844. The highest BCUT2D eigenvalue weighted by Gasteiger charge is 2.17. The van der Waals surface area contributed by atoms with Gasteiger partial charge in [0.05, 0.1) is 4.34 Å². The van der Waals surface area contributed by atoms with Gasteiger partial charge < -0.3 is 5.32 Å². The molecular formula is C18H14ClNS. The first-order valence-corrected chi connectivity index (χ1v) is 8.18. The minimum atomic E-state index is 0.823. The molecule has 1 nitrogen and oxygen atoms in total. The van der Waals surface area contributed by atoms with Crippen molar-refractivity contribution in [3.63, 3.8) is 0 Å². The van der Waals surface area contributed by atoms with E-state index in [9.17, 15) is 0 Å². The Balaban J connectivity index is 1.56. The van der Waals surface area contributed by atoms with Crippen LogP contribution in [0.5, 0.6) is 0 Å². The average molecular weight is 312 g/mol. The molecular weight excluding hydrogens is 298 g/mol. The maximum atomic E-state index is 5.96. The lowest BCUT2D eigenvalue weighted by Gasteiger charge is -2.07. The van der Waals surface area contributed by atoms with Crippen LogP contribution in [0.4, 0.5) is 5.69 Å². The summed E-state index contributed by atoms with van der Waals surface area (Å²) in [7, 11) is 0. The molecule has 21 heavy (non-hydrogen) atoms. The third-order valence-corrected chi connectivity index (χ3v) is 5.12. The van der Waals surface area contributed by atoms with Gasteiger partial charge in [-0.05, 0) is 52.9 Å². The molecule has 0 saturated heterocycles. The van der Waals surface area contributed by atoms with Crippen LogP contribution < -0.4 is 5.32 Å². The van der Waals surface area contributed by atoms with Crippen LogP contribution in [-0.4, -0.2) is 0 Å². The molecule has 1 aliphatic carbocycles. The van der Waals surface area contributed by atoms with Crippen molar-refractivity contribution in [2.75, 3.05) is 5.32 Å². The molecule has 0 radical (unpaired) electrons. The minimum Gasteiger partial charge on any atom is -0.380 e. The van der Waals surface area contributed by atoms with Gasteiger partial charge in [-0.15, -0.1) is 11.3 Å². The zero-order chi connectivity index (χ0) is 14.2. The summed E-state index contributed by atoms with van der Waals surface area (Å²) in [5, 5.41) is 3.48. The van der Waals surface area contributed by atoms with Gasteiger partial charge in [0.1, 0.15) is 0 Å². The fourth-order valence-corrected chi connectivity index (χ4v) is 3.92. The molecule has 1 heterocycles. The highest BCUT2D eigenvalue weighted by Crippen LogP contribution is 2.37. The van der Waals surface area contributed by atoms with E-state index >= 15 is 0 Å². The first-order chi connectivity index (χ1) is 10.3. The molecule has 0 bridgehead atoms. The molecule has 2 aromatic carbocycles. The zero-order valence-electron chi connectivity index (χ0n) is 11.4. The van der Waals surface area contributed by atoms with Crippen molar-refractivity contribution in [2.24, 2.45) is 0 Å². The van der Waals surface area contributed by atoms with Gasteiger partial charge in [-0.1, -0.05) is 41.9 Å². The quantitative estimate of drug-likeness (QED) is 0.520. The molecule has 0 amide bonds. The number of thiophene rings is 1. The molecule has 1 aliphatic rings. The van der Waals surface area contributed by atoms with Crippen LogP contribution in [0.3, 0.4) is 0 Å². The fraction of sp³-hybridized carbons (Fsp3) is 0.111. The van der Waals surface area contributed by atoms with Gasteiger partial charge in [-0.3, -0.25) is 0 Å². The zero-order valence-corrected chi connectivity index (χ0v) is 13.0. The number of fused-ring (bicyclic) bond motifs is 3. The van der Waals surface area contributed by atoms with Crippen molar-refractivity contribution in [1.29, 1.82) is 0 Å². The van der Waals surface area contributed by atoms with Crippen LogP contribution in [0, 0.1) is 0 Å². The molecule has 4 rings (SSSR count). The lowest BCUT2D eigenvalue weighted by atomic mass is 10.1. The molecule has 0 saturated carbocycles. The molecule has 1 aromatic heterocycles. The summed E-state index contributed by atoms with van der Waals surface area (Å²) in [6, 6.07) is 19.3. The van der Waals surface area contributed by atoms with E-state index in [1.165, 1.54) is 32.8 Å². The molecule has 1 N–H and O–H groups in total. The van der Waals surface area contributed by atoms with Gasteiger partial charge in [-0.2, -0.15) is 0 Å². The SMILES string of the molecule is Clc1ccc(CNc2ccc3c(c2)Cc2ccccc2-3)s1. The smallest absolute Gasteiger partial charge is 0.0931 e. The minimum absolute atomic E-state index is 0.823. The van der Waals surface area contributed by atoms with Crippen LogP contribution in [0.25, 0.3) is 11.1 Å². The first-order valence-electron chi connectivity index (χ1n) is 6.99. The molecule has 0 fully saturated rings. The van der Waals surface area contributed by atoms with Gasteiger partial charge in [0.2, 0.25) is 0 Å². The largest absolute Gasteiger partial charge is 0.380 e. The normalized spacial score (nSPS) is 12.0. The van der Waals surface area contributed by atoms with E-state index in [-0.39, 0.29) is 0 Å². The van der Waals surface area contributed by atoms with Gasteiger partial charge in [0, 0.05) is 17.1 Å². The summed E-state index contributed by atoms with van der Waals surface area (Å²) in [4.78, 5) is 1.25. The van der Waals surface area contributed by atoms with Crippen LogP contribution in [0.2, 0.25) is 4.34 Å². The van der Waals surface area contributed by atoms with E-state index in [1.807, 2.05) is 6.07 Å². The van der Waals surface area contributed by atoms with E-state index in [0.717, 1.165) is 17.3 Å². The van der Waals surface area contributed by atoms with E-state index in [1.54, 1.807) is 11.3 Å². The average Bonchev–Trinajstić information content (AvgIpc) is 3.07. The summed E-state index contributed by atoms with van der Waals surface area (Å²) in [6.07, 6.45) is 1.03. The van der Waals surface area contributed by atoms with Crippen molar-refractivity contribution < 1.29 is 0 Å². The van der Waals surface area contributed by atoms with E-state index in [0.29, 0.717) is 0 Å². The second kappa shape index (κ2) is 5.21. The number of rotatable bonds is 3. The van der Waals surface area contributed by atoms with E-state index in [2.05, 4.69) is 53.8 Å². The van der Waals surface area contributed by atoms with Crippen LogP contribution in [0.1, 0.15) is 16.0 Å². The molecule has 3 aromatic rings. The van der Waals surface area contributed by atoms with Crippen LogP contribution >= 0.6 is 22.9 Å². The number of nitrogens with one attached hydrogen (secondary N) is 1. The van der Waals surface area contributed by atoms with Crippen molar-refractivity contribution in [2.45, 2.75) is 13.0 Å². The Morgan fingerprint density at radius 3 is 2.67 bits per heavy atom. The number of halogens is 1. The van der Waals surface area contributed by atoms with E-state index < -0.39 is 0 Å². The Morgan fingerprint density at radius 1 is 0.952 bits per heavy atom. The summed E-state index contributed by atoms with van der Waals surface area (Å²) in [5.41, 5.74) is 6.76. The Kier molecular flexibility index (Phi) is 3.21. The second-order valence-electron chi connectivity index (χ2n) is 5.27. The summed E-state index contributed by atoms with van der Waals surface area (Å²) in [6.45, 7) is 0.823. The highest BCUT2D eigenvalue weighted by molar-refractivity contribution is 7.16. The maximum Gasteiger partial charge on any atom is 0.0931 e. The predicted octanol–water partition coefficient (Wildman–Crippen LogP) is 5.58. The van der Waals surface area contributed by atoms with Gasteiger partial charge in [0.25, 0.3) is 0 Å². The Morgan fingerprint density at radius 2 is 1.81 bits per heavy atom. The Labute approximate surface area is 133 Å². The molecule has 0 atom stereocenters. The second-order valence-corrected chi connectivity index (χ2v) is 7.06. The third-order valence-electron chi connectivity index (χ3n) is 3.89. The van der Waals surface area contributed by atoms with Gasteiger partial charge in [0.15, 0.2) is 0 Å². The first kappa shape index (κ1) is 12.9. The van der Waals surface area contributed by atoms with Crippen LogP contribution in [0.15, 0.2) is 54.6 Å².